The minimum atomic E-state index is -4.72. The molecule has 0 saturated carbocycles. The average molecular weight is 644 g/mol. The number of carbonyl (C=O) groups excluding carboxylic acids is 1. The summed E-state index contributed by atoms with van der Waals surface area (Å²) in [5, 5.41) is 11.2. The van der Waals surface area contributed by atoms with Gasteiger partial charge in [0.1, 0.15) is 5.75 Å². The Hall–Kier alpha value is -2.49. The fraction of sp³-hybridized carbons (Fsp3) is 0.552. The number of rotatable bonds is 9. The van der Waals surface area contributed by atoms with Crippen molar-refractivity contribution in [2.45, 2.75) is 81.1 Å². The predicted molar refractivity (Wildman–Crippen MR) is 157 cm³/mol. The van der Waals surface area contributed by atoms with Crippen LogP contribution < -0.4 is 10.2 Å². The van der Waals surface area contributed by atoms with E-state index in [9.17, 15) is 31.5 Å². The first kappa shape index (κ1) is 33.4. The van der Waals surface area contributed by atoms with Crippen molar-refractivity contribution in [3.05, 3.63) is 59.7 Å². The zero-order valence-corrected chi connectivity index (χ0v) is 26.7. The molecule has 9 nitrogen and oxygen atoms in total. The quantitative estimate of drug-likeness (QED) is 0.301. The number of sulfonamides is 1. The van der Waals surface area contributed by atoms with Gasteiger partial charge in [0.15, 0.2) is 5.60 Å². The molecule has 1 atom stereocenters. The van der Waals surface area contributed by atoms with Gasteiger partial charge < -0.3 is 19.3 Å². The monoisotopic (exact) mass is 643 g/mol. The fourth-order valence-corrected chi connectivity index (χ4v) is 7.81. The molecule has 2 heterocycles. The number of hydrogen-bond acceptors (Lipinski definition) is 7. The highest BCUT2D eigenvalue weighted by Gasteiger charge is 2.41. The van der Waals surface area contributed by atoms with Crippen LogP contribution >= 0.6 is 0 Å². The highest BCUT2D eigenvalue weighted by atomic mass is 32.2. The molecule has 2 saturated heterocycles. The van der Waals surface area contributed by atoms with Crippen LogP contribution in [0.1, 0.15) is 49.7 Å². The van der Waals surface area contributed by atoms with Crippen molar-refractivity contribution in [2.24, 2.45) is 0 Å². The summed E-state index contributed by atoms with van der Waals surface area (Å²) >= 11 is 0. The molecule has 0 radical (unpaired) electrons. The Morgan fingerprint density at radius 2 is 1.53 bits per heavy atom. The highest BCUT2D eigenvalue weighted by Crippen LogP contribution is 2.35. The Labute approximate surface area is 252 Å². The molecule has 2 aromatic rings. The molecule has 2 N–H and O–H groups in total. The minimum Gasteiger partial charge on any atom is -0.406 e. The van der Waals surface area contributed by atoms with E-state index in [1.54, 1.807) is 24.3 Å². The molecule has 14 heteroatoms. The van der Waals surface area contributed by atoms with Crippen LogP contribution in [0.2, 0.25) is 19.6 Å². The summed E-state index contributed by atoms with van der Waals surface area (Å²) in [7, 11) is -6.15. The lowest BCUT2D eigenvalue weighted by molar-refractivity contribution is -0.274. The van der Waals surface area contributed by atoms with Crippen LogP contribution in [-0.4, -0.2) is 75.5 Å². The van der Waals surface area contributed by atoms with Crippen molar-refractivity contribution in [1.82, 2.24) is 14.7 Å². The summed E-state index contributed by atoms with van der Waals surface area (Å²) < 4.78 is 75.7. The Balaban J connectivity index is 1.35. The van der Waals surface area contributed by atoms with E-state index in [-0.39, 0.29) is 28.2 Å². The van der Waals surface area contributed by atoms with E-state index >= 15 is 0 Å². The Bertz CT molecular complexity index is 1370. The van der Waals surface area contributed by atoms with Gasteiger partial charge in [0.2, 0.25) is 18.3 Å². The van der Waals surface area contributed by atoms with Gasteiger partial charge in [0.25, 0.3) is 5.91 Å². The van der Waals surface area contributed by atoms with Crippen molar-refractivity contribution >= 4 is 24.2 Å². The SMILES string of the molecule is CC(O)(C(=O)NO[Si](C)(C)C)c1ccccc1S(=O)(=O)N1CCC(N2CCC(c3ccc(OC(F)(F)F)cc3)CC2)CC1. The van der Waals surface area contributed by atoms with E-state index in [1.807, 2.05) is 19.6 Å². The molecule has 1 unspecified atom stereocenters. The van der Waals surface area contributed by atoms with E-state index in [2.05, 4.69) is 15.1 Å². The molecule has 238 valence electrons. The first-order valence-corrected chi connectivity index (χ1v) is 19.2. The summed E-state index contributed by atoms with van der Waals surface area (Å²) in [4.78, 5) is 15.1. The molecule has 2 aromatic carbocycles. The number of ether oxygens (including phenoxy) is 1. The standard InChI is InChI=1S/C29H40F3N3O6SSi/c1-28(37,27(36)33-41-43(2,3)4)25-7-5-6-8-26(25)42(38,39)35-19-15-23(16-20-35)34-17-13-22(14-18-34)21-9-11-24(12-10-21)40-29(30,31)32/h5-12,22-23,37H,13-20H2,1-4H3,(H,33,36). The average Bonchev–Trinajstić information content (AvgIpc) is 2.95. The summed E-state index contributed by atoms with van der Waals surface area (Å²) in [6, 6.07) is 12.3. The van der Waals surface area contributed by atoms with Gasteiger partial charge in [-0.1, -0.05) is 30.3 Å². The number of likely N-dealkylation sites (tertiary alicyclic amines) is 1. The zero-order chi connectivity index (χ0) is 31.6. The summed E-state index contributed by atoms with van der Waals surface area (Å²) in [6.07, 6.45) is -1.75. The second-order valence-corrected chi connectivity index (χ2v) is 18.6. The van der Waals surface area contributed by atoms with Crippen LogP contribution in [0, 0.1) is 0 Å². The third-order valence-corrected chi connectivity index (χ3v) is 10.6. The Kier molecular flexibility index (Phi) is 9.98. The second kappa shape index (κ2) is 12.9. The lowest BCUT2D eigenvalue weighted by atomic mass is 9.88. The van der Waals surface area contributed by atoms with Crippen LogP contribution in [0.15, 0.2) is 53.4 Å². The molecule has 2 aliphatic rings. The van der Waals surface area contributed by atoms with Gasteiger partial charge in [0, 0.05) is 24.7 Å². The van der Waals surface area contributed by atoms with E-state index in [4.69, 9.17) is 4.53 Å². The highest BCUT2D eigenvalue weighted by molar-refractivity contribution is 7.89. The molecule has 0 aromatic heterocycles. The molecule has 0 aliphatic carbocycles. The second-order valence-electron chi connectivity index (χ2n) is 12.3. The van der Waals surface area contributed by atoms with Crippen molar-refractivity contribution < 1.29 is 40.8 Å². The summed E-state index contributed by atoms with van der Waals surface area (Å²) in [5.41, 5.74) is 1.11. The van der Waals surface area contributed by atoms with Gasteiger partial charge in [-0.25, -0.2) is 13.9 Å². The number of halogens is 3. The largest absolute Gasteiger partial charge is 0.573 e. The number of amides is 1. The molecule has 0 bridgehead atoms. The van der Waals surface area contributed by atoms with Crippen molar-refractivity contribution in [2.75, 3.05) is 26.2 Å². The summed E-state index contributed by atoms with van der Waals surface area (Å²) in [5.74, 6) is -0.847. The third kappa shape index (κ3) is 8.37. The van der Waals surface area contributed by atoms with E-state index in [1.165, 1.54) is 35.5 Å². The third-order valence-electron chi connectivity index (χ3n) is 7.98. The maximum Gasteiger partial charge on any atom is 0.573 e. The number of nitrogens with one attached hydrogen (secondary N) is 1. The van der Waals surface area contributed by atoms with Crippen molar-refractivity contribution in [3.8, 4) is 5.75 Å². The molecule has 2 fully saturated rings. The molecule has 0 spiro atoms. The van der Waals surface area contributed by atoms with Crippen molar-refractivity contribution in [1.29, 1.82) is 0 Å². The number of hydrogen-bond donors (Lipinski definition) is 2. The molecular formula is C29H40F3N3O6SSi. The van der Waals surface area contributed by atoms with Gasteiger partial charge in [0.05, 0.1) is 4.90 Å². The molecule has 1 amide bonds. The molecule has 4 rings (SSSR count). The van der Waals surface area contributed by atoms with Gasteiger partial charge in [-0.15, -0.1) is 13.2 Å². The lowest BCUT2D eigenvalue weighted by Gasteiger charge is -2.41. The summed E-state index contributed by atoms with van der Waals surface area (Å²) in [6.45, 7) is 9.07. The van der Waals surface area contributed by atoms with Gasteiger partial charge in [-0.3, -0.25) is 4.79 Å². The number of aliphatic hydroxyl groups is 1. The first-order valence-electron chi connectivity index (χ1n) is 14.4. The smallest absolute Gasteiger partial charge is 0.406 e. The maximum atomic E-state index is 13.8. The first-order chi connectivity index (χ1) is 20.0. The number of hydroxylamine groups is 1. The van der Waals surface area contributed by atoms with E-state index in [0.717, 1.165) is 31.5 Å². The van der Waals surface area contributed by atoms with Crippen LogP contribution in [0.4, 0.5) is 13.2 Å². The van der Waals surface area contributed by atoms with Crippen molar-refractivity contribution in [3.63, 3.8) is 0 Å². The van der Waals surface area contributed by atoms with Gasteiger partial charge in [-0.2, -0.15) is 4.31 Å². The minimum absolute atomic E-state index is 0.0196. The van der Waals surface area contributed by atoms with Crippen LogP contribution in [-0.2, 0) is 24.9 Å². The van der Waals surface area contributed by atoms with E-state index in [0.29, 0.717) is 25.9 Å². The number of carbonyl (C=O) groups is 1. The maximum absolute atomic E-state index is 13.8. The predicted octanol–water partition coefficient (Wildman–Crippen LogP) is 4.71. The lowest BCUT2D eigenvalue weighted by Crippen LogP contribution is -2.49. The topological polar surface area (TPSA) is 108 Å². The van der Waals surface area contributed by atoms with Crippen LogP contribution in [0.5, 0.6) is 5.75 Å². The van der Waals surface area contributed by atoms with Gasteiger partial charge in [-0.05, 0) is 95.0 Å². The Morgan fingerprint density at radius 1 is 0.953 bits per heavy atom. The number of benzene rings is 2. The number of alkyl halides is 3. The number of nitrogens with zero attached hydrogens (tertiary/aromatic N) is 2. The fourth-order valence-electron chi connectivity index (χ4n) is 5.64. The van der Waals surface area contributed by atoms with Gasteiger partial charge >= 0.3 is 6.36 Å². The number of piperidine rings is 2. The normalized spacial score (nSPS) is 20.0. The van der Waals surface area contributed by atoms with Crippen LogP contribution in [0.3, 0.4) is 0 Å². The van der Waals surface area contributed by atoms with Crippen LogP contribution in [0.25, 0.3) is 0 Å². The molecular weight excluding hydrogens is 603 g/mol. The Morgan fingerprint density at radius 3 is 2.09 bits per heavy atom. The molecule has 43 heavy (non-hydrogen) atoms. The van der Waals surface area contributed by atoms with E-state index < -0.39 is 36.2 Å². The molecule has 2 aliphatic heterocycles. The zero-order valence-electron chi connectivity index (χ0n) is 24.9.